The maximum absolute atomic E-state index is 5.69. The van der Waals surface area contributed by atoms with Crippen LogP contribution in [-0.2, 0) is 0 Å². The maximum atomic E-state index is 5.69. The molecular formula is C11H15NO. The van der Waals surface area contributed by atoms with E-state index < -0.39 is 0 Å². The highest BCUT2D eigenvalue weighted by Gasteiger charge is 1.98. The molecule has 0 heterocycles. The molecule has 0 aliphatic heterocycles. The van der Waals surface area contributed by atoms with Gasteiger partial charge in [-0.1, -0.05) is 25.6 Å². The largest absolute Gasteiger partial charge is 0.487 e. The van der Waals surface area contributed by atoms with Crippen molar-refractivity contribution in [3.8, 4) is 5.75 Å². The maximum Gasteiger partial charge on any atom is 0.142 e. The van der Waals surface area contributed by atoms with Crippen LogP contribution in [0, 0.1) is 0 Å². The van der Waals surface area contributed by atoms with Crippen LogP contribution in [0.5, 0.6) is 5.75 Å². The minimum atomic E-state index is 0.546. The first-order valence-electron chi connectivity index (χ1n) is 4.38. The van der Waals surface area contributed by atoms with Gasteiger partial charge >= 0.3 is 0 Å². The fourth-order valence-corrected chi connectivity index (χ4v) is 0.894. The Hall–Kier alpha value is -1.44. The van der Waals surface area contributed by atoms with Crippen LogP contribution in [0.4, 0.5) is 5.69 Å². The van der Waals surface area contributed by atoms with Crippen molar-refractivity contribution in [1.29, 1.82) is 0 Å². The number of nitrogens with two attached hydrogens (primary N) is 1. The molecule has 0 unspecified atom stereocenters. The van der Waals surface area contributed by atoms with Gasteiger partial charge in [0.05, 0.1) is 5.69 Å². The second kappa shape index (κ2) is 4.55. The van der Waals surface area contributed by atoms with E-state index >= 15 is 0 Å². The first-order chi connectivity index (χ1) is 6.24. The molecule has 0 bridgehead atoms. The standard InChI is InChI=1S/C11H15NO/c1-3-9(2)8-13-11-7-5-4-6-10(11)12/h4-7H,2-3,8,12H2,1H3. The Morgan fingerprint density at radius 1 is 1.46 bits per heavy atom. The predicted octanol–water partition coefficient (Wildman–Crippen LogP) is 2.61. The number of rotatable bonds is 4. The Balaban J connectivity index is 2.54. The molecule has 0 saturated heterocycles. The zero-order valence-electron chi connectivity index (χ0n) is 7.92. The van der Waals surface area contributed by atoms with Gasteiger partial charge < -0.3 is 10.5 Å². The highest BCUT2D eigenvalue weighted by atomic mass is 16.5. The average molecular weight is 177 g/mol. The van der Waals surface area contributed by atoms with Crippen LogP contribution in [0.2, 0.25) is 0 Å². The Morgan fingerprint density at radius 3 is 2.77 bits per heavy atom. The van der Waals surface area contributed by atoms with Gasteiger partial charge in [-0.15, -0.1) is 0 Å². The van der Waals surface area contributed by atoms with E-state index in [0.29, 0.717) is 12.3 Å². The van der Waals surface area contributed by atoms with E-state index in [2.05, 4.69) is 13.5 Å². The topological polar surface area (TPSA) is 35.2 Å². The minimum absolute atomic E-state index is 0.546. The van der Waals surface area contributed by atoms with Crippen LogP contribution in [-0.4, -0.2) is 6.61 Å². The number of nitrogen functional groups attached to an aromatic ring is 1. The molecule has 0 aliphatic rings. The lowest BCUT2D eigenvalue weighted by molar-refractivity contribution is 0.351. The van der Waals surface area contributed by atoms with Crippen molar-refractivity contribution in [1.82, 2.24) is 0 Å². The lowest BCUT2D eigenvalue weighted by atomic mass is 10.2. The van der Waals surface area contributed by atoms with E-state index in [4.69, 9.17) is 10.5 Å². The number of hydrogen-bond acceptors (Lipinski definition) is 2. The van der Waals surface area contributed by atoms with Crippen LogP contribution in [0.25, 0.3) is 0 Å². The molecule has 70 valence electrons. The van der Waals surface area contributed by atoms with Crippen molar-refractivity contribution in [2.24, 2.45) is 0 Å². The second-order valence-electron chi connectivity index (χ2n) is 2.93. The molecule has 0 saturated carbocycles. The van der Waals surface area contributed by atoms with Crippen molar-refractivity contribution in [3.05, 3.63) is 36.4 Å². The molecule has 0 aromatic heterocycles. The summed E-state index contributed by atoms with van der Waals surface area (Å²) in [4.78, 5) is 0. The fraction of sp³-hybridized carbons (Fsp3) is 0.273. The smallest absolute Gasteiger partial charge is 0.142 e. The fourth-order valence-electron chi connectivity index (χ4n) is 0.894. The van der Waals surface area contributed by atoms with E-state index in [-0.39, 0.29) is 0 Å². The molecule has 2 nitrogen and oxygen atoms in total. The van der Waals surface area contributed by atoms with Crippen LogP contribution >= 0.6 is 0 Å². The van der Waals surface area contributed by atoms with Gasteiger partial charge in [0.25, 0.3) is 0 Å². The molecule has 2 N–H and O–H groups in total. The summed E-state index contributed by atoms with van der Waals surface area (Å²) in [5.74, 6) is 0.733. The number of hydrogen-bond donors (Lipinski definition) is 1. The number of para-hydroxylation sites is 2. The lowest BCUT2D eigenvalue weighted by Gasteiger charge is -2.08. The van der Waals surface area contributed by atoms with Crippen LogP contribution < -0.4 is 10.5 Å². The Bertz CT molecular complexity index is 294. The predicted molar refractivity (Wildman–Crippen MR) is 55.8 cm³/mol. The summed E-state index contributed by atoms with van der Waals surface area (Å²) in [6, 6.07) is 7.47. The zero-order valence-corrected chi connectivity index (χ0v) is 7.92. The van der Waals surface area contributed by atoms with Crippen LogP contribution in [0.15, 0.2) is 36.4 Å². The monoisotopic (exact) mass is 177 g/mol. The van der Waals surface area contributed by atoms with Gasteiger partial charge in [0.1, 0.15) is 12.4 Å². The van der Waals surface area contributed by atoms with Crippen LogP contribution in [0.3, 0.4) is 0 Å². The van der Waals surface area contributed by atoms with E-state index in [9.17, 15) is 0 Å². The molecule has 0 fully saturated rings. The molecule has 0 amide bonds. The molecule has 0 spiro atoms. The molecule has 0 aliphatic carbocycles. The second-order valence-corrected chi connectivity index (χ2v) is 2.93. The van der Waals surface area contributed by atoms with Gasteiger partial charge in [-0.3, -0.25) is 0 Å². The number of ether oxygens (including phenoxy) is 1. The van der Waals surface area contributed by atoms with E-state index in [1.54, 1.807) is 0 Å². The van der Waals surface area contributed by atoms with Gasteiger partial charge in [0, 0.05) is 0 Å². The average Bonchev–Trinajstić information content (AvgIpc) is 2.16. The van der Waals surface area contributed by atoms with Gasteiger partial charge in [-0.2, -0.15) is 0 Å². The van der Waals surface area contributed by atoms with Gasteiger partial charge in [0.15, 0.2) is 0 Å². The minimum Gasteiger partial charge on any atom is -0.487 e. The Labute approximate surface area is 79.0 Å². The molecule has 1 rings (SSSR count). The van der Waals surface area contributed by atoms with Crippen molar-refractivity contribution in [2.75, 3.05) is 12.3 Å². The Kier molecular flexibility index (Phi) is 3.38. The summed E-state index contributed by atoms with van der Waals surface area (Å²) in [6.45, 7) is 6.45. The molecule has 1 aromatic carbocycles. The summed E-state index contributed by atoms with van der Waals surface area (Å²) >= 11 is 0. The summed E-state index contributed by atoms with van der Waals surface area (Å²) in [7, 11) is 0. The van der Waals surface area contributed by atoms with E-state index in [0.717, 1.165) is 17.7 Å². The Morgan fingerprint density at radius 2 is 2.15 bits per heavy atom. The van der Waals surface area contributed by atoms with Crippen LogP contribution in [0.1, 0.15) is 13.3 Å². The lowest BCUT2D eigenvalue weighted by Crippen LogP contribution is -2.01. The third-order valence-electron chi connectivity index (χ3n) is 1.85. The summed E-state index contributed by atoms with van der Waals surface area (Å²) in [5, 5.41) is 0. The summed E-state index contributed by atoms with van der Waals surface area (Å²) < 4.78 is 5.46. The van der Waals surface area contributed by atoms with Gasteiger partial charge in [-0.05, 0) is 24.1 Å². The van der Waals surface area contributed by atoms with Crippen molar-refractivity contribution in [2.45, 2.75) is 13.3 Å². The molecule has 2 heteroatoms. The highest BCUT2D eigenvalue weighted by Crippen LogP contribution is 2.20. The summed E-state index contributed by atoms with van der Waals surface area (Å²) in [6.07, 6.45) is 0.937. The number of anilines is 1. The van der Waals surface area contributed by atoms with Gasteiger partial charge in [-0.25, -0.2) is 0 Å². The summed E-state index contributed by atoms with van der Waals surface area (Å²) in [5.41, 5.74) is 7.44. The highest BCUT2D eigenvalue weighted by molar-refractivity contribution is 5.51. The molecule has 0 radical (unpaired) electrons. The van der Waals surface area contributed by atoms with Crippen molar-refractivity contribution < 1.29 is 4.74 Å². The van der Waals surface area contributed by atoms with Crippen molar-refractivity contribution >= 4 is 5.69 Å². The number of benzene rings is 1. The molecule has 1 aromatic rings. The third kappa shape index (κ3) is 2.82. The first kappa shape index (κ1) is 9.65. The molecular weight excluding hydrogens is 162 g/mol. The normalized spacial score (nSPS) is 9.62. The van der Waals surface area contributed by atoms with Crippen molar-refractivity contribution in [3.63, 3.8) is 0 Å². The zero-order chi connectivity index (χ0) is 9.68. The first-order valence-corrected chi connectivity index (χ1v) is 4.38. The molecule has 13 heavy (non-hydrogen) atoms. The van der Waals surface area contributed by atoms with E-state index in [1.165, 1.54) is 0 Å². The third-order valence-corrected chi connectivity index (χ3v) is 1.85. The molecule has 0 atom stereocenters. The van der Waals surface area contributed by atoms with Gasteiger partial charge in [0.2, 0.25) is 0 Å². The SMILES string of the molecule is C=C(CC)COc1ccccc1N. The quantitative estimate of drug-likeness (QED) is 0.566. The van der Waals surface area contributed by atoms with E-state index in [1.807, 2.05) is 24.3 Å².